The molecular formula is C23H33NO6. The van der Waals surface area contributed by atoms with Crippen molar-refractivity contribution in [2.75, 3.05) is 41.0 Å². The SMILES string of the molecule is CCN(CCCCO)Cc1ccccc1.COc1cc(C(=O)O)cc(OC)c1OC. The quantitative estimate of drug-likeness (QED) is 0.537. The fourth-order valence-corrected chi connectivity index (χ4v) is 2.84. The second-order valence-corrected chi connectivity index (χ2v) is 6.50. The lowest BCUT2D eigenvalue weighted by Crippen LogP contribution is -2.24. The average molecular weight is 420 g/mol. The Labute approximate surface area is 178 Å². The van der Waals surface area contributed by atoms with Gasteiger partial charge in [-0.1, -0.05) is 37.3 Å². The molecule has 2 aromatic rings. The van der Waals surface area contributed by atoms with Gasteiger partial charge < -0.3 is 24.4 Å². The highest BCUT2D eigenvalue weighted by Crippen LogP contribution is 2.38. The van der Waals surface area contributed by atoms with Crippen molar-refractivity contribution in [3.8, 4) is 17.2 Å². The zero-order valence-electron chi connectivity index (χ0n) is 18.3. The van der Waals surface area contributed by atoms with E-state index in [2.05, 4.69) is 36.1 Å². The number of benzene rings is 2. The van der Waals surface area contributed by atoms with Crippen molar-refractivity contribution in [3.05, 3.63) is 53.6 Å². The first kappa shape index (κ1) is 25.3. The summed E-state index contributed by atoms with van der Waals surface area (Å²) in [4.78, 5) is 13.2. The maximum absolute atomic E-state index is 10.8. The van der Waals surface area contributed by atoms with E-state index in [0.717, 1.165) is 32.5 Å². The first-order valence-corrected chi connectivity index (χ1v) is 9.91. The Morgan fingerprint density at radius 3 is 2.00 bits per heavy atom. The van der Waals surface area contributed by atoms with Gasteiger partial charge in [-0.15, -0.1) is 0 Å². The first-order chi connectivity index (χ1) is 14.5. The van der Waals surface area contributed by atoms with Gasteiger partial charge in [0, 0.05) is 13.2 Å². The molecule has 30 heavy (non-hydrogen) atoms. The Morgan fingerprint density at radius 1 is 0.967 bits per heavy atom. The second-order valence-electron chi connectivity index (χ2n) is 6.50. The third-order valence-corrected chi connectivity index (χ3v) is 4.49. The van der Waals surface area contributed by atoms with E-state index >= 15 is 0 Å². The monoisotopic (exact) mass is 419 g/mol. The molecule has 0 aliphatic carbocycles. The van der Waals surface area contributed by atoms with Crippen LogP contribution < -0.4 is 14.2 Å². The summed E-state index contributed by atoms with van der Waals surface area (Å²) < 4.78 is 15.1. The lowest BCUT2D eigenvalue weighted by atomic mass is 10.2. The molecule has 7 nitrogen and oxygen atoms in total. The lowest BCUT2D eigenvalue weighted by Gasteiger charge is -2.20. The number of rotatable bonds is 11. The minimum Gasteiger partial charge on any atom is -0.493 e. The van der Waals surface area contributed by atoms with Gasteiger partial charge >= 0.3 is 5.97 Å². The fourth-order valence-electron chi connectivity index (χ4n) is 2.84. The lowest BCUT2D eigenvalue weighted by molar-refractivity contribution is 0.0696. The highest BCUT2D eigenvalue weighted by molar-refractivity contribution is 5.89. The zero-order chi connectivity index (χ0) is 22.4. The van der Waals surface area contributed by atoms with Crippen molar-refractivity contribution in [1.29, 1.82) is 0 Å². The molecule has 0 aliphatic rings. The summed E-state index contributed by atoms with van der Waals surface area (Å²) in [6.45, 7) is 5.65. The van der Waals surface area contributed by atoms with Crippen molar-refractivity contribution in [2.24, 2.45) is 0 Å². The average Bonchev–Trinajstić information content (AvgIpc) is 2.78. The van der Waals surface area contributed by atoms with Crippen molar-refractivity contribution < 1.29 is 29.2 Å². The highest BCUT2D eigenvalue weighted by Gasteiger charge is 2.15. The molecule has 0 unspecified atom stereocenters. The van der Waals surface area contributed by atoms with Crippen molar-refractivity contribution >= 4 is 5.97 Å². The van der Waals surface area contributed by atoms with Gasteiger partial charge in [0.25, 0.3) is 0 Å². The number of nitrogens with zero attached hydrogens (tertiary/aromatic N) is 1. The summed E-state index contributed by atoms with van der Waals surface area (Å²) in [6, 6.07) is 13.3. The predicted molar refractivity (Wildman–Crippen MR) is 117 cm³/mol. The molecular weight excluding hydrogens is 386 g/mol. The second kappa shape index (κ2) is 14.3. The highest BCUT2D eigenvalue weighted by atomic mass is 16.5. The zero-order valence-corrected chi connectivity index (χ0v) is 18.3. The number of carbonyl (C=O) groups is 1. The van der Waals surface area contributed by atoms with Crippen LogP contribution in [0.25, 0.3) is 0 Å². The van der Waals surface area contributed by atoms with Crippen LogP contribution in [0.1, 0.15) is 35.7 Å². The molecule has 0 saturated heterocycles. The Balaban J connectivity index is 0.000000300. The Hall–Kier alpha value is -2.77. The van der Waals surface area contributed by atoms with Gasteiger partial charge in [-0.2, -0.15) is 0 Å². The van der Waals surface area contributed by atoms with Crippen LogP contribution in [0.4, 0.5) is 0 Å². The summed E-state index contributed by atoms with van der Waals surface area (Å²) >= 11 is 0. The standard InChI is InChI=1S/C13H21NO.C10H12O5/c1-2-14(10-6-7-11-15)12-13-8-4-3-5-9-13;1-13-7-4-6(10(11)12)5-8(14-2)9(7)15-3/h3-5,8-9,15H,2,6-7,10-12H2,1H3;4-5H,1-3H3,(H,11,12). The van der Waals surface area contributed by atoms with Crippen LogP contribution in [-0.4, -0.2) is 62.1 Å². The van der Waals surface area contributed by atoms with Gasteiger partial charge in [0.05, 0.1) is 26.9 Å². The predicted octanol–water partition coefficient (Wildman–Crippen LogP) is 3.69. The van der Waals surface area contributed by atoms with Crippen LogP contribution in [-0.2, 0) is 6.54 Å². The van der Waals surface area contributed by atoms with Crippen molar-refractivity contribution in [3.63, 3.8) is 0 Å². The smallest absolute Gasteiger partial charge is 0.335 e. The number of aromatic carboxylic acids is 1. The molecule has 0 saturated carbocycles. The van der Waals surface area contributed by atoms with Crippen LogP contribution in [0.5, 0.6) is 17.2 Å². The van der Waals surface area contributed by atoms with Crippen LogP contribution in [0.15, 0.2) is 42.5 Å². The molecule has 0 atom stereocenters. The Kier molecular flexibility index (Phi) is 12.0. The number of ether oxygens (including phenoxy) is 3. The largest absolute Gasteiger partial charge is 0.493 e. The van der Waals surface area contributed by atoms with Gasteiger partial charge in [-0.05, 0) is 43.6 Å². The van der Waals surface area contributed by atoms with Gasteiger partial charge in [0.15, 0.2) is 11.5 Å². The van der Waals surface area contributed by atoms with Crippen LogP contribution in [0.2, 0.25) is 0 Å². The number of aliphatic hydroxyl groups is 1. The summed E-state index contributed by atoms with van der Waals surface area (Å²) in [7, 11) is 4.33. The maximum Gasteiger partial charge on any atom is 0.335 e. The number of hydrogen-bond donors (Lipinski definition) is 2. The van der Waals surface area contributed by atoms with Crippen LogP contribution in [0, 0.1) is 0 Å². The van der Waals surface area contributed by atoms with Crippen molar-refractivity contribution in [2.45, 2.75) is 26.3 Å². The summed E-state index contributed by atoms with van der Waals surface area (Å²) in [5, 5.41) is 17.6. The molecule has 0 bridgehead atoms. The molecule has 7 heteroatoms. The van der Waals surface area contributed by atoms with E-state index in [0.29, 0.717) is 23.9 Å². The molecule has 0 heterocycles. The van der Waals surface area contributed by atoms with Gasteiger partial charge in [0.2, 0.25) is 5.75 Å². The van der Waals surface area contributed by atoms with Gasteiger partial charge in [-0.25, -0.2) is 4.79 Å². The van der Waals surface area contributed by atoms with E-state index in [1.165, 1.54) is 39.0 Å². The number of methoxy groups -OCH3 is 3. The fraction of sp³-hybridized carbons (Fsp3) is 0.435. The molecule has 0 spiro atoms. The topological polar surface area (TPSA) is 88.5 Å². The summed E-state index contributed by atoms with van der Waals surface area (Å²) in [6.07, 6.45) is 1.99. The maximum atomic E-state index is 10.8. The molecule has 0 aliphatic heterocycles. The van der Waals surface area contributed by atoms with Gasteiger partial charge in [0.1, 0.15) is 0 Å². The third-order valence-electron chi connectivity index (χ3n) is 4.49. The molecule has 0 aromatic heterocycles. The van der Waals surface area contributed by atoms with Crippen LogP contribution >= 0.6 is 0 Å². The van der Waals surface area contributed by atoms with E-state index in [1.54, 1.807) is 0 Å². The first-order valence-electron chi connectivity index (χ1n) is 9.91. The van der Waals surface area contributed by atoms with Crippen molar-refractivity contribution in [1.82, 2.24) is 4.90 Å². The normalized spacial score (nSPS) is 10.2. The minimum atomic E-state index is -1.05. The number of hydrogen-bond acceptors (Lipinski definition) is 6. The minimum absolute atomic E-state index is 0.0875. The van der Waals surface area contributed by atoms with E-state index in [1.807, 2.05) is 6.07 Å². The van der Waals surface area contributed by atoms with E-state index < -0.39 is 5.97 Å². The summed E-state index contributed by atoms with van der Waals surface area (Å²) in [5.74, 6) is -0.0113. The molecule has 0 radical (unpaired) electrons. The molecule has 0 amide bonds. The van der Waals surface area contributed by atoms with Gasteiger partial charge in [-0.3, -0.25) is 4.90 Å². The number of carboxylic acid groups (broad SMARTS) is 1. The Morgan fingerprint density at radius 2 is 1.57 bits per heavy atom. The van der Waals surface area contributed by atoms with Crippen LogP contribution in [0.3, 0.4) is 0 Å². The van der Waals surface area contributed by atoms with E-state index in [4.69, 9.17) is 24.4 Å². The number of aliphatic hydroxyl groups excluding tert-OH is 1. The number of unbranched alkanes of at least 4 members (excludes halogenated alkanes) is 1. The third kappa shape index (κ3) is 8.31. The molecule has 2 N–H and O–H groups in total. The molecule has 2 aromatic carbocycles. The molecule has 0 fully saturated rings. The Bertz CT molecular complexity index is 726. The summed E-state index contributed by atoms with van der Waals surface area (Å²) in [5.41, 5.74) is 1.45. The molecule has 166 valence electrons. The number of carboxylic acids is 1. The molecule has 2 rings (SSSR count). The van der Waals surface area contributed by atoms with E-state index in [9.17, 15) is 4.79 Å². The van der Waals surface area contributed by atoms with E-state index in [-0.39, 0.29) is 5.56 Å².